The maximum atomic E-state index is 12.6. The number of carbonyl (C=O) groups is 3. The van der Waals surface area contributed by atoms with E-state index in [1.165, 1.54) is 7.11 Å². The zero-order valence-electron chi connectivity index (χ0n) is 21.4. The average molecular weight is 491 g/mol. The second-order valence-electron chi connectivity index (χ2n) is 10.1. The van der Waals surface area contributed by atoms with Gasteiger partial charge in [-0.25, -0.2) is 4.98 Å². The second kappa shape index (κ2) is 12.2. The van der Waals surface area contributed by atoms with Gasteiger partial charge in [0.25, 0.3) is 5.91 Å². The molecular weight excluding hydrogens is 448 g/mol. The molecule has 0 radical (unpaired) electrons. The molecule has 196 valence electrons. The van der Waals surface area contributed by atoms with E-state index in [2.05, 4.69) is 48.6 Å². The van der Waals surface area contributed by atoms with Gasteiger partial charge in [0.1, 0.15) is 11.7 Å². The van der Waals surface area contributed by atoms with Crippen LogP contribution >= 0.6 is 0 Å². The van der Waals surface area contributed by atoms with E-state index in [-0.39, 0.29) is 29.1 Å². The van der Waals surface area contributed by atoms with Crippen LogP contribution in [-0.4, -0.2) is 53.5 Å². The molecule has 1 fully saturated rings. The van der Waals surface area contributed by atoms with Gasteiger partial charge in [-0.2, -0.15) is 5.26 Å². The Balaban J connectivity index is 0. The fraction of sp³-hybridized carbons (Fsp3) is 0.560. The van der Waals surface area contributed by atoms with Crippen molar-refractivity contribution in [2.45, 2.75) is 53.0 Å². The third-order valence-electron chi connectivity index (χ3n) is 5.18. The summed E-state index contributed by atoms with van der Waals surface area (Å²) in [5.41, 5.74) is 1.62. The first-order chi connectivity index (χ1) is 16.4. The molecule has 1 aliphatic rings. The summed E-state index contributed by atoms with van der Waals surface area (Å²) in [7, 11) is 3.24. The van der Waals surface area contributed by atoms with E-state index in [9.17, 15) is 19.6 Å². The summed E-state index contributed by atoms with van der Waals surface area (Å²) >= 11 is 0. The van der Waals surface area contributed by atoms with E-state index < -0.39 is 17.9 Å². The van der Waals surface area contributed by atoms with E-state index >= 15 is 0 Å². The van der Waals surface area contributed by atoms with E-state index in [0.717, 1.165) is 11.9 Å². The SMILES string of the molecule is CC(C)(C)C.COc1nccc2c1cc(C(=O)NCC(=O)N[C@H](C#N)C[C@@H]1CCCNC1=O)n2C.[HH].[HH].[HH]. The Bertz CT molecular complexity index is 1100. The summed E-state index contributed by atoms with van der Waals surface area (Å²) < 4.78 is 6.91. The third-order valence-corrected chi connectivity index (χ3v) is 5.18. The van der Waals surface area contributed by atoms with Crippen molar-refractivity contribution in [1.82, 2.24) is 25.5 Å². The van der Waals surface area contributed by atoms with Gasteiger partial charge in [-0.05, 0) is 36.8 Å². The molecule has 0 spiro atoms. The summed E-state index contributed by atoms with van der Waals surface area (Å²) in [4.78, 5) is 40.7. The highest BCUT2D eigenvalue weighted by Crippen LogP contribution is 2.25. The normalized spacial score (nSPS) is 16.3. The van der Waals surface area contributed by atoms with Crippen molar-refractivity contribution in [1.29, 1.82) is 5.26 Å². The Morgan fingerprint density at radius 1 is 1.40 bits per heavy atom. The molecule has 0 saturated carbocycles. The number of rotatable bonds is 7. The van der Waals surface area contributed by atoms with Crippen LogP contribution in [0.3, 0.4) is 0 Å². The number of aromatic nitrogens is 2. The number of ether oxygens (including phenoxy) is 1. The van der Waals surface area contributed by atoms with Crippen LogP contribution in [-0.2, 0) is 16.6 Å². The van der Waals surface area contributed by atoms with E-state index in [4.69, 9.17) is 4.74 Å². The second-order valence-corrected chi connectivity index (χ2v) is 10.1. The highest BCUT2D eigenvalue weighted by molar-refractivity contribution is 6.01. The Hall–Kier alpha value is -3.61. The number of aryl methyl sites for hydroxylation is 1. The van der Waals surface area contributed by atoms with Gasteiger partial charge < -0.3 is 25.3 Å². The van der Waals surface area contributed by atoms with E-state index in [1.54, 1.807) is 29.9 Å². The van der Waals surface area contributed by atoms with Gasteiger partial charge in [0.15, 0.2) is 0 Å². The molecule has 0 bridgehead atoms. The van der Waals surface area contributed by atoms with Crippen molar-refractivity contribution in [3.63, 3.8) is 0 Å². The van der Waals surface area contributed by atoms with Gasteiger partial charge in [-0.15, -0.1) is 0 Å². The minimum absolute atomic E-state index is 0. The maximum absolute atomic E-state index is 12.6. The van der Waals surface area contributed by atoms with Gasteiger partial charge >= 0.3 is 0 Å². The van der Waals surface area contributed by atoms with Crippen LogP contribution < -0.4 is 20.7 Å². The van der Waals surface area contributed by atoms with Crippen molar-refractivity contribution in [3.8, 4) is 11.9 Å². The van der Waals surface area contributed by atoms with Crippen LogP contribution in [0.4, 0.5) is 0 Å². The highest BCUT2D eigenvalue weighted by Gasteiger charge is 2.26. The molecular formula is C25H42N6O4. The van der Waals surface area contributed by atoms with E-state index in [0.29, 0.717) is 35.3 Å². The predicted molar refractivity (Wildman–Crippen MR) is 139 cm³/mol. The molecule has 2 aromatic rings. The van der Waals surface area contributed by atoms with Crippen LogP contribution in [0, 0.1) is 22.7 Å². The minimum Gasteiger partial charge on any atom is -0.481 e. The number of piperidine rings is 1. The number of amides is 3. The van der Waals surface area contributed by atoms with Gasteiger partial charge in [0.05, 0.1) is 30.6 Å². The summed E-state index contributed by atoms with van der Waals surface area (Å²) in [5, 5.41) is 17.9. The Labute approximate surface area is 210 Å². The number of hydrogen-bond acceptors (Lipinski definition) is 6. The number of carbonyl (C=O) groups excluding carboxylic acids is 3. The molecule has 0 unspecified atom stereocenters. The summed E-state index contributed by atoms with van der Waals surface area (Å²) in [6.07, 6.45) is 3.38. The summed E-state index contributed by atoms with van der Waals surface area (Å²) in [6, 6.07) is 4.63. The fourth-order valence-electron chi connectivity index (χ4n) is 3.60. The largest absolute Gasteiger partial charge is 0.481 e. The van der Waals surface area contributed by atoms with Crippen LogP contribution in [0.1, 0.15) is 61.7 Å². The number of nitriles is 1. The lowest BCUT2D eigenvalue weighted by Crippen LogP contribution is -2.45. The molecule has 1 saturated heterocycles. The first kappa shape index (κ1) is 27.6. The van der Waals surface area contributed by atoms with Crippen LogP contribution in [0.15, 0.2) is 18.3 Å². The number of nitrogens with one attached hydrogen (secondary N) is 3. The Morgan fingerprint density at radius 3 is 2.69 bits per heavy atom. The number of hydrogen-bond donors (Lipinski definition) is 3. The van der Waals surface area contributed by atoms with Crippen molar-refractivity contribution >= 4 is 28.6 Å². The molecule has 3 heterocycles. The quantitative estimate of drug-likeness (QED) is 0.545. The first-order valence-electron chi connectivity index (χ1n) is 11.7. The fourth-order valence-corrected chi connectivity index (χ4v) is 3.60. The van der Waals surface area contributed by atoms with E-state index in [1.807, 2.05) is 6.07 Å². The predicted octanol–water partition coefficient (Wildman–Crippen LogP) is 3.03. The lowest BCUT2D eigenvalue weighted by atomic mass is 9.92. The Morgan fingerprint density at radius 2 is 2.09 bits per heavy atom. The smallest absolute Gasteiger partial charge is 0.268 e. The van der Waals surface area contributed by atoms with Gasteiger partial charge in [0, 0.05) is 30.0 Å². The summed E-state index contributed by atoms with van der Waals surface area (Å²) in [6.45, 7) is 9.10. The van der Waals surface area contributed by atoms with Gasteiger partial charge in [-0.1, -0.05) is 27.7 Å². The lowest BCUT2D eigenvalue weighted by molar-refractivity contribution is -0.127. The molecule has 3 amide bonds. The number of pyridine rings is 1. The van der Waals surface area contributed by atoms with Crippen LogP contribution in [0.25, 0.3) is 10.9 Å². The average Bonchev–Trinajstić information content (AvgIpc) is 3.14. The van der Waals surface area contributed by atoms with Gasteiger partial charge in [0.2, 0.25) is 17.7 Å². The summed E-state index contributed by atoms with van der Waals surface area (Å²) in [5.74, 6) is -0.916. The van der Waals surface area contributed by atoms with Gasteiger partial charge in [-0.3, -0.25) is 14.4 Å². The monoisotopic (exact) mass is 490 g/mol. The Kier molecular flexibility index (Phi) is 9.63. The standard InChI is InChI=1S/C20H24N6O4.C5H12.3H2/c1-26-15-5-7-23-20(30-2)14(15)9-16(26)19(29)24-11-17(27)25-13(10-21)8-12-4-3-6-22-18(12)28;1-5(2,3)4;;;/h5,7,9,12-13H,3-4,6,8,11H2,1-2H3,(H,22,28)(H,24,29)(H,25,27);1-4H3;3*1H/t12-,13-;;;;/m0..../s1. The maximum Gasteiger partial charge on any atom is 0.268 e. The minimum atomic E-state index is -0.795. The molecule has 3 N–H and O–H groups in total. The zero-order chi connectivity index (χ0) is 26.2. The zero-order valence-corrected chi connectivity index (χ0v) is 21.4. The number of nitrogens with zero attached hydrogens (tertiary/aromatic N) is 3. The van der Waals surface area contributed by atoms with Crippen molar-refractivity contribution in [3.05, 3.63) is 24.0 Å². The molecule has 3 rings (SSSR count). The number of methoxy groups -OCH3 is 1. The first-order valence-corrected chi connectivity index (χ1v) is 11.7. The molecule has 0 aliphatic carbocycles. The highest BCUT2D eigenvalue weighted by atomic mass is 16.5. The lowest BCUT2D eigenvalue weighted by Gasteiger charge is -2.23. The van der Waals surface area contributed by atoms with Crippen molar-refractivity contribution in [2.24, 2.45) is 18.4 Å². The molecule has 2 aromatic heterocycles. The molecule has 35 heavy (non-hydrogen) atoms. The van der Waals surface area contributed by atoms with Crippen LogP contribution in [0.5, 0.6) is 5.88 Å². The molecule has 0 aromatic carbocycles. The third kappa shape index (κ3) is 8.28. The number of fused-ring (bicyclic) bond motifs is 1. The van der Waals surface area contributed by atoms with Crippen LogP contribution in [0.2, 0.25) is 0 Å². The molecule has 10 heteroatoms. The van der Waals surface area contributed by atoms with Crippen molar-refractivity contribution < 1.29 is 23.4 Å². The molecule has 2 atom stereocenters. The van der Waals surface area contributed by atoms with Crippen molar-refractivity contribution in [2.75, 3.05) is 20.2 Å². The topological polar surface area (TPSA) is 138 Å². The molecule has 1 aliphatic heterocycles. The molecule has 10 nitrogen and oxygen atoms in total.